The average Bonchev–Trinajstić information content (AvgIpc) is 3.03. The zero-order valence-corrected chi connectivity index (χ0v) is 13.6. The van der Waals surface area contributed by atoms with Crippen molar-refractivity contribution in [1.29, 1.82) is 0 Å². The summed E-state index contributed by atoms with van der Waals surface area (Å²) < 4.78 is 0. The minimum Gasteiger partial charge on any atom is -0.314 e. The van der Waals surface area contributed by atoms with Crippen LogP contribution in [0.5, 0.6) is 0 Å². The molecule has 0 aromatic heterocycles. The van der Waals surface area contributed by atoms with Crippen LogP contribution in [0.2, 0.25) is 0 Å². The standard InChI is InChI=1S/C16H31N3S/c1-2-5-15(14(4-1)16-6-3-7-17-16)18-8-9-19-10-12-20-13-11-19/h14-18H,1-13H2. The van der Waals surface area contributed by atoms with E-state index >= 15 is 0 Å². The van der Waals surface area contributed by atoms with Gasteiger partial charge < -0.3 is 15.5 Å². The van der Waals surface area contributed by atoms with E-state index in [0.717, 1.165) is 18.0 Å². The molecule has 116 valence electrons. The van der Waals surface area contributed by atoms with E-state index in [0.29, 0.717) is 0 Å². The van der Waals surface area contributed by atoms with Gasteiger partial charge in [0.2, 0.25) is 0 Å². The zero-order chi connectivity index (χ0) is 13.6. The van der Waals surface area contributed by atoms with Crippen LogP contribution in [0.4, 0.5) is 0 Å². The Bertz CT molecular complexity index is 275. The highest BCUT2D eigenvalue weighted by Gasteiger charge is 2.32. The average molecular weight is 298 g/mol. The lowest BCUT2D eigenvalue weighted by molar-refractivity contribution is 0.205. The topological polar surface area (TPSA) is 27.3 Å². The molecule has 0 amide bonds. The molecule has 4 heteroatoms. The number of hydrogen-bond acceptors (Lipinski definition) is 4. The Balaban J connectivity index is 1.41. The lowest BCUT2D eigenvalue weighted by atomic mass is 9.79. The monoisotopic (exact) mass is 297 g/mol. The van der Waals surface area contributed by atoms with E-state index in [4.69, 9.17) is 0 Å². The van der Waals surface area contributed by atoms with E-state index in [1.54, 1.807) is 0 Å². The van der Waals surface area contributed by atoms with Crippen LogP contribution in [0.25, 0.3) is 0 Å². The normalized spacial score (nSPS) is 36.3. The second kappa shape index (κ2) is 8.02. The van der Waals surface area contributed by atoms with Crippen LogP contribution in [0, 0.1) is 5.92 Å². The van der Waals surface area contributed by atoms with Crippen molar-refractivity contribution < 1.29 is 0 Å². The highest BCUT2D eigenvalue weighted by atomic mass is 32.2. The predicted octanol–water partition coefficient (Wildman–Crippen LogP) is 1.94. The van der Waals surface area contributed by atoms with Gasteiger partial charge in [0.15, 0.2) is 0 Å². The van der Waals surface area contributed by atoms with Gasteiger partial charge in [-0.25, -0.2) is 0 Å². The van der Waals surface area contributed by atoms with E-state index < -0.39 is 0 Å². The van der Waals surface area contributed by atoms with Crippen molar-refractivity contribution in [2.75, 3.05) is 44.2 Å². The van der Waals surface area contributed by atoms with Gasteiger partial charge in [0.25, 0.3) is 0 Å². The molecular weight excluding hydrogens is 266 g/mol. The van der Waals surface area contributed by atoms with Crippen molar-refractivity contribution in [3.63, 3.8) is 0 Å². The van der Waals surface area contributed by atoms with E-state index in [-0.39, 0.29) is 0 Å². The van der Waals surface area contributed by atoms with Crippen LogP contribution in [0.1, 0.15) is 38.5 Å². The molecule has 0 bridgehead atoms. The Morgan fingerprint density at radius 2 is 1.90 bits per heavy atom. The van der Waals surface area contributed by atoms with Gasteiger partial charge in [-0.3, -0.25) is 0 Å². The molecule has 0 aromatic carbocycles. The van der Waals surface area contributed by atoms with E-state index in [2.05, 4.69) is 27.3 Å². The van der Waals surface area contributed by atoms with Gasteiger partial charge in [-0.1, -0.05) is 12.8 Å². The summed E-state index contributed by atoms with van der Waals surface area (Å²) in [6, 6.07) is 1.58. The highest BCUT2D eigenvalue weighted by Crippen LogP contribution is 2.30. The van der Waals surface area contributed by atoms with Gasteiger partial charge >= 0.3 is 0 Å². The van der Waals surface area contributed by atoms with Crippen molar-refractivity contribution in [3.8, 4) is 0 Å². The van der Waals surface area contributed by atoms with Gasteiger partial charge in [0.05, 0.1) is 0 Å². The number of nitrogens with one attached hydrogen (secondary N) is 2. The molecule has 2 aliphatic heterocycles. The molecule has 3 rings (SSSR count). The maximum absolute atomic E-state index is 3.91. The Morgan fingerprint density at radius 3 is 2.70 bits per heavy atom. The Labute approximate surface area is 128 Å². The summed E-state index contributed by atoms with van der Waals surface area (Å²) >= 11 is 2.11. The summed E-state index contributed by atoms with van der Waals surface area (Å²) in [5, 5.41) is 7.65. The highest BCUT2D eigenvalue weighted by molar-refractivity contribution is 7.99. The van der Waals surface area contributed by atoms with Crippen molar-refractivity contribution in [2.45, 2.75) is 50.6 Å². The summed E-state index contributed by atoms with van der Waals surface area (Å²) in [6.07, 6.45) is 8.52. The number of rotatable bonds is 5. The third-order valence-corrected chi connectivity index (χ3v) is 6.32. The molecule has 0 aromatic rings. The molecule has 3 aliphatic rings. The van der Waals surface area contributed by atoms with Crippen LogP contribution in [0.15, 0.2) is 0 Å². The van der Waals surface area contributed by atoms with Crippen molar-refractivity contribution in [3.05, 3.63) is 0 Å². The number of hydrogen-bond donors (Lipinski definition) is 2. The number of thioether (sulfide) groups is 1. The predicted molar refractivity (Wildman–Crippen MR) is 88.5 cm³/mol. The van der Waals surface area contributed by atoms with Crippen LogP contribution in [0.3, 0.4) is 0 Å². The van der Waals surface area contributed by atoms with Gasteiger partial charge in [0.1, 0.15) is 0 Å². The van der Waals surface area contributed by atoms with E-state index in [9.17, 15) is 0 Å². The Kier molecular flexibility index (Phi) is 6.07. The summed E-state index contributed by atoms with van der Waals surface area (Å²) in [5.41, 5.74) is 0. The SMILES string of the molecule is C1CNC(C2CCCCC2NCCN2CCSCC2)C1. The quantitative estimate of drug-likeness (QED) is 0.811. The molecule has 3 fully saturated rings. The fourth-order valence-corrected chi connectivity index (χ4v) is 5.18. The molecule has 0 spiro atoms. The first kappa shape index (κ1) is 15.1. The van der Waals surface area contributed by atoms with Gasteiger partial charge in [0, 0.05) is 49.8 Å². The fraction of sp³-hybridized carbons (Fsp3) is 1.00. The van der Waals surface area contributed by atoms with Gasteiger partial charge in [-0.2, -0.15) is 11.8 Å². The molecule has 2 heterocycles. The van der Waals surface area contributed by atoms with Crippen molar-refractivity contribution in [1.82, 2.24) is 15.5 Å². The maximum Gasteiger partial charge on any atom is 0.0111 e. The third-order valence-electron chi connectivity index (χ3n) is 5.37. The Morgan fingerprint density at radius 1 is 1.05 bits per heavy atom. The summed E-state index contributed by atoms with van der Waals surface area (Å²) in [6.45, 7) is 6.29. The molecule has 1 saturated carbocycles. The first-order chi connectivity index (χ1) is 9.93. The lowest BCUT2D eigenvalue weighted by Crippen LogP contribution is -2.49. The molecule has 2 N–H and O–H groups in total. The summed E-state index contributed by atoms with van der Waals surface area (Å²) in [7, 11) is 0. The molecule has 1 aliphatic carbocycles. The summed E-state index contributed by atoms with van der Waals surface area (Å²) in [5.74, 6) is 3.55. The summed E-state index contributed by atoms with van der Waals surface area (Å²) in [4.78, 5) is 2.63. The van der Waals surface area contributed by atoms with E-state index in [1.807, 2.05) is 0 Å². The first-order valence-corrected chi connectivity index (χ1v) is 9.86. The van der Waals surface area contributed by atoms with Crippen LogP contribution in [-0.2, 0) is 0 Å². The van der Waals surface area contributed by atoms with Crippen LogP contribution < -0.4 is 10.6 Å². The van der Waals surface area contributed by atoms with E-state index in [1.165, 1.54) is 82.8 Å². The molecule has 3 unspecified atom stereocenters. The second-order valence-corrected chi connectivity index (χ2v) is 7.89. The van der Waals surface area contributed by atoms with Gasteiger partial charge in [-0.15, -0.1) is 0 Å². The maximum atomic E-state index is 3.91. The van der Waals surface area contributed by atoms with Crippen molar-refractivity contribution >= 4 is 11.8 Å². The molecule has 3 nitrogen and oxygen atoms in total. The smallest absolute Gasteiger partial charge is 0.0111 e. The fourth-order valence-electron chi connectivity index (χ4n) is 4.20. The van der Waals surface area contributed by atoms with Crippen molar-refractivity contribution in [2.24, 2.45) is 5.92 Å². The zero-order valence-electron chi connectivity index (χ0n) is 12.8. The van der Waals surface area contributed by atoms with Crippen LogP contribution >= 0.6 is 11.8 Å². The largest absolute Gasteiger partial charge is 0.314 e. The lowest BCUT2D eigenvalue weighted by Gasteiger charge is -2.37. The molecule has 3 atom stereocenters. The molecular formula is C16H31N3S. The minimum atomic E-state index is 0.776. The van der Waals surface area contributed by atoms with Gasteiger partial charge in [-0.05, 0) is 38.1 Å². The third kappa shape index (κ3) is 4.12. The molecule has 0 radical (unpaired) electrons. The van der Waals surface area contributed by atoms with Crippen LogP contribution in [-0.4, -0.2) is 61.2 Å². The molecule has 20 heavy (non-hydrogen) atoms. The number of nitrogens with zero attached hydrogens (tertiary/aromatic N) is 1. The first-order valence-electron chi connectivity index (χ1n) is 8.70. The molecule has 2 saturated heterocycles. The second-order valence-electron chi connectivity index (χ2n) is 6.67. The Hall–Kier alpha value is 0.230. The minimum absolute atomic E-state index is 0.776.